The van der Waals surface area contributed by atoms with E-state index in [0.29, 0.717) is 11.3 Å². The van der Waals surface area contributed by atoms with E-state index in [1.54, 1.807) is 25.7 Å². The molecule has 0 fully saturated rings. The van der Waals surface area contributed by atoms with Gasteiger partial charge in [0.05, 0.1) is 24.4 Å². The zero-order valence-corrected chi connectivity index (χ0v) is 7.03. The van der Waals surface area contributed by atoms with E-state index in [9.17, 15) is 0 Å². The van der Waals surface area contributed by atoms with Gasteiger partial charge >= 0.3 is 0 Å². The molecule has 0 radical (unpaired) electrons. The zero-order valence-electron chi connectivity index (χ0n) is 7.03. The number of pyridine rings is 1. The van der Waals surface area contributed by atoms with Crippen LogP contribution in [-0.2, 0) is 0 Å². The standard InChI is InChI=1S/C9H7N3O/c1-13-8-5-11-4-7-6(2-10)3-12-9(7)8/h3-5,12H,1H3. The molecule has 0 aliphatic rings. The number of ether oxygens (including phenoxy) is 1. The van der Waals surface area contributed by atoms with Gasteiger partial charge in [0.1, 0.15) is 6.07 Å². The Kier molecular flexibility index (Phi) is 1.64. The van der Waals surface area contributed by atoms with Crippen LogP contribution in [0.1, 0.15) is 5.56 Å². The molecule has 0 amide bonds. The average Bonchev–Trinajstić information content (AvgIpc) is 2.60. The maximum absolute atomic E-state index is 8.75. The van der Waals surface area contributed by atoms with Crippen molar-refractivity contribution in [2.45, 2.75) is 0 Å². The summed E-state index contributed by atoms with van der Waals surface area (Å²) in [6.07, 6.45) is 4.90. The van der Waals surface area contributed by atoms with Crippen molar-refractivity contribution in [2.75, 3.05) is 7.11 Å². The maximum atomic E-state index is 8.75. The second-order valence-electron chi connectivity index (χ2n) is 2.58. The molecule has 0 saturated heterocycles. The van der Waals surface area contributed by atoms with Crippen LogP contribution in [-0.4, -0.2) is 17.1 Å². The predicted octanol–water partition coefficient (Wildman–Crippen LogP) is 1.44. The Morgan fingerprint density at radius 3 is 3.08 bits per heavy atom. The summed E-state index contributed by atoms with van der Waals surface area (Å²) in [6.45, 7) is 0. The van der Waals surface area contributed by atoms with Gasteiger partial charge in [0.2, 0.25) is 0 Å². The summed E-state index contributed by atoms with van der Waals surface area (Å²) >= 11 is 0. The van der Waals surface area contributed by atoms with Crippen LogP contribution in [0.15, 0.2) is 18.6 Å². The Labute approximate surface area is 74.8 Å². The molecule has 0 aliphatic carbocycles. The molecule has 0 aromatic carbocycles. The lowest BCUT2D eigenvalue weighted by atomic mass is 10.2. The van der Waals surface area contributed by atoms with Crippen LogP contribution in [0.2, 0.25) is 0 Å². The van der Waals surface area contributed by atoms with E-state index < -0.39 is 0 Å². The molecular weight excluding hydrogens is 166 g/mol. The molecule has 64 valence electrons. The summed E-state index contributed by atoms with van der Waals surface area (Å²) in [5.41, 5.74) is 1.40. The summed E-state index contributed by atoms with van der Waals surface area (Å²) in [4.78, 5) is 6.94. The molecule has 4 nitrogen and oxygen atoms in total. The number of nitrogens with zero attached hydrogens (tertiary/aromatic N) is 2. The molecule has 4 heteroatoms. The molecule has 2 aromatic rings. The molecule has 13 heavy (non-hydrogen) atoms. The number of H-pyrrole nitrogens is 1. The molecule has 2 rings (SSSR count). The van der Waals surface area contributed by atoms with Gasteiger partial charge in [-0.2, -0.15) is 5.26 Å². The highest BCUT2D eigenvalue weighted by Crippen LogP contribution is 2.24. The van der Waals surface area contributed by atoms with Crippen LogP contribution in [0, 0.1) is 11.3 Å². The van der Waals surface area contributed by atoms with Gasteiger partial charge in [-0.25, -0.2) is 0 Å². The number of aromatic amines is 1. The molecule has 0 spiro atoms. The van der Waals surface area contributed by atoms with Crippen molar-refractivity contribution < 1.29 is 4.74 Å². The summed E-state index contributed by atoms with van der Waals surface area (Å²) in [6, 6.07) is 2.07. The Morgan fingerprint density at radius 2 is 2.38 bits per heavy atom. The van der Waals surface area contributed by atoms with Crippen LogP contribution < -0.4 is 4.74 Å². The summed E-state index contributed by atoms with van der Waals surface area (Å²) in [5, 5.41) is 9.54. The second-order valence-corrected chi connectivity index (χ2v) is 2.58. The van der Waals surface area contributed by atoms with E-state index in [4.69, 9.17) is 10.00 Å². The van der Waals surface area contributed by atoms with E-state index in [1.165, 1.54) is 0 Å². The fourth-order valence-corrected chi connectivity index (χ4v) is 1.26. The number of aromatic nitrogens is 2. The summed E-state index contributed by atoms with van der Waals surface area (Å²) in [7, 11) is 1.57. The van der Waals surface area contributed by atoms with Gasteiger partial charge in [-0.15, -0.1) is 0 Å². The maximum Gasteiger partial charge on any atom is 0.161 e. The van der Waals surface area contributed by atoms with E-state index in [0.717, 1.165) is 10.9 Å². The molecule has 1 N–H and O–H groups in total. The second kappa shape index (κ2) is 2.79. The van der Waals surface area contributed by atoms with Gasteiger partial charge in [0.25, 0.3) is 0 Å². The quantitative estimate of drug-likeness (QED) is 0.709. The minimum atomic E-state index is 0.585. The fourth-order valence-electron chi connectivity index (χ4n) is 1.26. The number of nitriles is 1. The minimum Gasteiger partial charge on any atom is -0.493 e. The lowest BCUT2D eigenvalue weighted by molar-refractivity contribution is 0.417. The highest BCUT2D eigenvalue weighted by atomic mass is 16.5. The molecule has 0 atom stereocenters. The van der Waals surface area contributed by atoms with Crippen LogP contribution >= 0.6 is 0 Å². The first-order chi connectivity index (χ1) is 6.36. The monoisotopic (exact) mass is 173 g/mol. The molecule has 2 heterocycles. The SMILES string of the molecule is COc1cncc2c(C#N)c[nH]c12. The van der Waals surface area contributed by atoms with Crippen molar-refractivity contribution in [1.29, 1.82) is 5.26 Å². The van der Waals surface area contributed by atoms with Gasteiger partial charge < -0.3 is 9.72 Å². The Hall–Kier alpha value is -2.02. The predicted molar refractivity (Wildman–Crippen MR) is 47.4 cm³/mol. The van der Waals surface area contributed by atoms with Gasteiger partial charge in [0.15, 0.2) is 5.75 Å². The first-order valence-corrected chi connectivity index (χ1v) is 3.76. The van der Waals surface area contributed by atoms with Crippen molar-refractivity contribution in [3.05, 3.63) is 24.2 Å². The lowest BCUT2D eigenvalue weighted by Crippen LogP contribution is -1.85. The number of methoxy groups -OCH3 is 1. The highest BCUT2D eigenvalue weighted by molar-refractivity contribution is 5.89. The minimum absolute atomic E-state index is 0.585. The first kappa shape index (κ1) is 7.62. The van der Waals surface area contributed by atoms with Crippen LogP contribution in [0.25, 0.3) is 10.9 Å². The van der Waals surface area contributed by atoms with E-state index in [2.05, 4.69) is 16.0 Å². The average molecular weight is 173 g/mol. The summed E-state index contributed by atoms with van der Waals surface area (Å²) in [5.74, 6) is 0.652. The first-order valence-electron chi connectivity index (χ1n) is 3.76. The third-order valence-corrected chi connectivity index (χ3v) is 1.90. The lowest BCUT2D eigenvalue weighted by Gasteiger charge is -1.98. The topological polar surface area (TPSA) is 61.7 Å². The van der Waals surface area contributed by atoms with Crippen molar-refractivity contribution in [3.8, 4) is 11.8 Å². The van der Waals surface area contributed by atoms with Crippen LogP contribution in [0.4, 0.5) is 0 Å². The van der Waals surface area contributed by atoms with Crippen molar-refractivity contribution >= 4 is 10.9 Å². The fraction of sp³-hybridized carbons (Fsp3) is 0.111. The third-order valence-electron chi connectivity index (χ3n) is 1.90. The number of fused-ring (bicyclic) bond motifs is 1. The Bertz CT molecular complexity index is 481. The van der Waals surface area contributed by atoms with E-state index in [1.807, 2.05) is 0 Å². The summed E-state index contributed by atoms with van der Waals surface area (Å²) < 4.78 is 5.08. The van der Waals surface area contributed by atoms with Gasteiger partial charge in [0, 0.05) is 17.8 Å². The zero-order chi connectivity index (χ0) is 9.26. The Balaban J connectivity index is 2.81. The number of nitrogens with one attached hydrogen (secondary N) is 1. The normalized spacial score (nSPS) is 9.85. The molecule has 0 saturated carbocycles. The van der Waals surface area contributed by atoms with Gasteiger partial charge in [-0.3, -0.25) is 4.98 Å². The van der Waals surface area contributed by atoms with Crippen molar-refractivity contribution in [2.24, 2.45) is 0 Å². The van der Waals surface area contributed by atoms with Crippen molar-refractivity contribution in [1.82, 2.24) is 9.97 Å². The van der Waals surface area contributed by atoms with E-state index >= 15 is 0 Å². The molecule has 0 aliphatic heterocycles. The number of hydrogen-bond acceptors (Lipinski definition) is 3. The van der Waals surface area contributed by atoms with Gasteiger partial charge in [-0.1, -0.05) is 0 Å². The molecule has 0 unspecified atom stereocenters. The van der Waals surface area contributed by atoms with Crippen molar-refractivity contribution in [3.63, 3.8) is 0 Å². The number of rotatable bonds is 1. The highest BCUT2D eigenvalue weighted by Gasteiger charge is 2.06. The van der Waals surface area contributed by atoms with Gasteiger partial charge in [-0.05, 0) is 0 Å². The Morgan fingerprint density at radius 1 is 1.54 bits per heavy atom. The van der Waals surface area contributed by atoms with E-state index in [-0.39, 0.29) is 0 Å². The molecule has 2 aromatic heterocycles. The largest absolute Gasteiger partial charge is 0.493 e. The smallest absolute Gasteiger partial charge is 0.161 e. The van der Waals surface area contributed by atoms with Crippen LogP contribution in [0.3, 0.4) is 0 Å². The number of hydrogen-bond donors (Lipinski definition) is 1. The van der Waals surface area contributed by atoms with Crippen LogP contribution in [0.5, 0.6) is 5.75 Å². The third kappa shape index (κ3) is 1.02. The molecular formula is C9H7N3O. The molecule has 0 bridgehead atoms.